The van der Waals surface area contributed by atoms with Crippen LogP contribution in [0.3, 0.4) is 0 Å². The van der Waals surface area contributed by atoms with Crippen LogP contribution in [-0.4, -0.2) is 22.9 Å². The van der Waals surface area contributed by atoms with Crippen LogP contribution in [0.1, 0.15) is 38.1 Å². The molecule has 1 aromatic heterocycles. The van der Waals surface area contributed by atoms with E-state index in [4.69, 9.17) is 0 Å². The average Bonchev–Trinajstić information content (AvgIpc) is 2.54. The Labute approximate surface area is 99.2 Å². The van der Waals surface area contributed by atoms with E-state index in [1.807, 2.05) is 18.7 Å². The summed E-state index contributed by atoms with van der Waals surface area (Å²) in [6.07, 6.45) is 3.60. The number of likely N-dealkylation sites (N-methyl/N-ethyl adjacent to an activating group) is 1. The number of aryl methyl sites for hydroxylation is 2. The van der Waals surface area contributed by atoms with Crippen molar-refractivity contribution in [2.45, 2.75) is 46.1 Å². The highest BCUT2D eigenvalue weighted by Gasteiger charge is 2.16. The summed E-state index contributed by atoms with van der Waals surface area (Å²) in [5.74, 6) is 0.713. The monoisotopic (exact) mass is 223 g/mol. The van der Waals surface area contributed by atoms with Crippen LogP contribution in [0.4, 0.5) is 0 Å². The largest absolute Gasteiger partial charge is 0.316 e. The highest BCUT2D eigenvalue weighted by Crippen LogP contribution is 2.15. The van der Waals surface area contributed by atoms with Gasteiger partial charge in [0.2, 0.25) is 0 Å². The maximum absolute atomic E-state index is 4.39. The molecule has 3 heteroatoms. The van der Waals surface area contributed by atoms with E-state index in [2.05, 4.69) is 37.4 Å². The molecule has 0 fully saturated rings. The SMILES string of the molecule is CCCC(C)C(Cc1cc(C)nn1C)NC. The molecule has 0 saturated heterocycles. The molecule has 2 unspecified atom stereocenters. The second-order valence-electron chi connectivity index (χ2n) is 4.77. The number of rotatable bonds is 6. The summed E-state index contributed by atoms with van der Waals surface area (Å²) in [6.45, 7) is 6.62. The van der Waals surface area contributed by atoms with E-state index in [1.165, 1.54) is 18.5 Å². The van der Waals surface area contributed by atoms with Gasteiger partial charge in [-0.15, -0.1) is 0 Å². The summed E-state index contributed by atoms with van der Waals surface area (Å²) in [5, 5.41) is 7.82. The lowest BCUT2D eigenvalue weighted by Crippen LogP contribution is -2.34. The Bertz CT molecular complexity index is 317. The first kappa shape index (κ1) is 13.2. The predicted molar refractivity (Wildman–Crippen MR) is 68.6 cm³/mol. The summed E-state index contributed by atoms with van der Waals surface area (Å²) in [4.78, 5) is 0. The molecule has 0 aromatic carbocycles. The smallest absolute Gasteiger partial charge is 0.0596 e. The molecule has 0 aliphatic rings. The van der Waals surface area contributed by atoms with Gasteiger partial charge in [-0.05, 0) is 32.4 Å². The number of aromatic nitrogens is 2. The lowest BCUT2D eigenvalue weighted by atomic mass is 9.93. The van der Waals surface area contributed by atoms with E-state index in [9.17, 15) is 0 Å². The van der Waals surface area contributed by atoms with Crippen molar-refractivity contribution < 1.29 is 0 Å². The molecule has 0 spiro atoms. The molecule has 0 bridgehead atoms. The van der Waals surface area contributed by atoms with Crippen LogP contribution in [-0.2, 0) is 13.5 Å². The highest BCUT2D eigenvalue weighted by atomic mass is 15.3. The van der Waals surface area contributed by atoms with E-state index in [-0.39, 0.29) is 0 Å². The van der Waals surface area contributed by atoms with Gasteiger partial charge in [0.25, 0.3) is 0 Å². The van der Waals surface area contributed by atoms with Gasteiger partial charge in [-0.3, -0.25) is 4.68 Å². The first-order valence-electron chi connectivity index (χ1n) is 6.25. The van der Waals surface area contributed by atoms with E-state index in [1.54, 1.807) is 0 Å². The molecule has 0 aliphatic heterocycles. The molecular formula is C13H25N3. The van der Waals surface area contributed by atoms with Gasteiger partial charge in [-0.2, -0.15) is 5.10 Å². The Morgan fingerprint density at radius 2 is 2.19 bits per heavy atom. The second kappa shape index (κ2) is 6.04. The highest BCUT2D eigenvalue weighted by molar-refractivity contribution is 5.10. The summed E-state index contributed by atoms with van der Waals surface area (Å²) < 4.78 is 2.00. The standard InChI is InChI=1S/C13H25N3/c1-6-7-10(2)13(14-4)9-12-8-11(3)15-16(12)5/h8,10,13-14H,6-7,9H2,1-5H3. The molecule has 3 nitrogen and oxygen atoms in total. The summed E-state index contributed by atoms with van der Waals surface area (Å²) in [7, 11) is 4.08. The molecule has 0 aliphatic carbocycles. The quantitative estimate of drug-likeness (QED) is 0.802. The van der Waals surface area contributed by atoms with Crippen molar-refractivity contribution >= 4 is 0 Å². The fourth-order valence-electron chi connectivity index (χ4n) is 2.32. The van der Waals surface area contributed by atoms with Gasteiger partial charge >= 0.3 is 0 Å². The minimum atomic E-state index is 0.551. The second-order valence-corrected chi connectivity index (χ2v) is 4.77. The number of hydrogen-bond donors (Lipinski definition) is 1. The van der Waals surface area contributed by atoms with Gasteiger partial charge in [0.15, 0.2) is 0 Å². The zero-order chi connectivity index (χ0) is 12.1. The van der Waals surface area contributed by atoms with Crippen molar-refractivity contribution in [3.8, 4) is 0 Å². The third-order valence-corrected chi connectivity index (χ3v) is 3.33. The Kier molecular flexibility index (Phi) is 5.00. The summed E-state index contributed by atoms with van der Waals surface area (Å²) in [5.41, 5.74) is 2.43. The molecule has 0 amide bonds. The van der Waals surface area contributed by atoms with Crippen molar-refractivity contribution in [3.05, 3.63) is 17.5 Å². The Morgan fingerprint density at radius 3 is 2.62 bits per heavy atom. The van der Waals surface area contributed by atoms with Gasteiger partial charge < -0.3 is 5.32 Å². The molecule has 1 aromatic rings. The first-order valence-corrected chi connectivity index (χ1v) is 6.25. The molecule has 92 valence electrons. The first-order chi connectivity index (χ1) is 7.58. The van der Waals surface area contributed by atoms with Crippen molar-refractivity contribution in [1.29, 1.82) is 0 Å². The van der Waals surface area contributed by atoms with Crippen LogP contribution < -0.4 is 5.32 Å². The minimum Gasteiger partial charge on any atom is -0.316 e. The zero-order valence-electron chi connectivity index (χ0n) is 11.2. The number of hydrogen-bond acceptors (Lipinski definition) is 2. The summed E-state index contributed by atoms with van der Waals surface area (Å²) >= 11 is 0. The number of nitrogens with zero attached hydrogens (tertiary/aromatic N) is 2. The molecule has 16 heavy (non-hydrogen) atoms. The van der Waals surface area contributed by atoms with E-state index in [0.717, 1.165) is 12.1 Å². The van der Waals surface area contributed by atoms with Gasteiger partial charge in [-0.25, -0.2) is 0 Å². The maximum atomic E-state index is 4.39. The van der Waals surface area contributed by atoms with E-state index < -0.39 is 0 Å². The van der Waals surface area contributed by atoms with Crippen molar-refractivity contribution in [2.75, 3.05) is 7.05 Å². The van der Waals surface area contributed by atoms with Crippen molar-refractivity contribution in [1.82, 2.24) is 15.1 Å². The zero-order valence-corrected chi connectivity index (χ0v) is 11.2. The Morgan fingerprint density at radius 1 is 1.50 bits per heavy atom. The molecular weight excluding hydrogens is 198 g/mol. The molecule has 1 heterocycles. The molecule has 0 radical (unpaired) electrons. The third-order valence-electron chi connectivity index (χ3n) is 3.33. The Hall–Kier alpha value is -0.830. The summed E-state index contributed by atoms with van der Waals surface area (Å²) in [6, 6.07) is 2.73. The molecule has 1 rings (SSSR count). The topological polar surface area (TPSA) is 29.9 Å². The fraction of sp³-hybridized carbons (Fsp3) is 0.769. The van der Waals surface area contributed by atoms with Crippen molar-refractivity contribution in [3.63, 3.8) is 0 Å². The lowest BCUT2D eigenvalue weighted by Gasteiger charge is -2.23. The normalized spacial score (nSPS) is 15.1. The van der Waals surface area contributed by atoms with E-state index >= 15 is 0 Å². The molecule has 1 N–H and O–H groups in total. The average molecular weight is 223 g/mol. The van der Waals surface area contributed by atoms with Gasteiger partial charge in [0, 0.05) is 25.2 Å². The van der Waals surface area contributed by atoms with Crippen LogP contribution in [0.15, 0.2) is 6.07 Å². The van der Waals surface area contributed by atoms with Crippen molar-refractivity contribution in [2.24, 2.45) is 13.0 Å². The van der Waals surface area contributed by atoms with Gasteiger partial charge in [0.1, 0.15) is 0 Å². The Balaban J connectivity index is 2.66. The van der Waals surface area contributed by atoms with Crippen LogP contribution in [0, 0.1) is 12.8 Å². The van der Waals surface area contributed by atoms with Gasteiger partial charge in [-0.1, -0.05) is 20.3 Å². The lowest BCUT2D eigenvalue weighted by molar-refractivity contribution is 0.366. The number of nitrogens with one attached hydrogen (secondary N) is 1. The molecule has 0 saturated carbocycles. The molecule has 2 atom stereocenters. The predicted octanol–water partition coefficient (Wildman–Crippen LogP) is 2.30. The van der Waals surface area contributed by atoms with Crippen LogP contribution in [0.2, 0.25) is 0 Å². The fourth-order valence-corrected chi connectivity index (χ4v) is 2.32. The van der Waals surface area contributed by atoms with Gasteiger partial charge in [0.05, 0.1) is 5.69 Å². The van der Waals surface area contributed by atoms with Crippen LogP contribution >= 0.6 is 0 Å². The minimum absolute atomic E-state index is 0.551. The van der Waals surface area contributed by atoms with E-state index in [0.29, 0.717) is 12.0 Å². The van der Waals surface area contributed by atoms with Crippen LogP contribution in [0.5, 0.6) is 0 Å². The van der Waals surface area contributed by atoms with Crippen LogP contribution in [0.25, 0.3) is 0 Å². The maximum Gasteiger partial charge on any atom is 0.0596 e. The third kappa shape index (κ3) is 3.34.